The molecule has 0 atom stereocenters. The van der Waals surface area contributed by atoms with Crippen LogP contribution in [0.3, 0.4) is 0 Å². The number of benzene rings is 3. The lowest BCUT2D eigenvalue weighted by molar-refractivity contribution is 1.58. The van der Waals surface area contributed by atoms with Gasteiger partial charge in [-0.2, -0.15) is 0 Å². The lowest BCUT2D eigenvalue weighted by Gasteiger charge is -2.05. The van der Waals surface area contributed by atoms with Gasteiger partial charge in [0.05, 0.1) is 0 Å². The molecular formula is C22H19N. The predicted octanol–water partition coefficient (Wildman–Crippen LogP) is 5.99. The van der Waals surface area contributed by atoms with Crippen molar-refractivity contribution in [1.82, 2.24) is 0 Å². The standard InChI is InChI=1S/C22H19N/c1-3-11-19(12-4-1)22-17-8-7-13-20(22)14-9-10-18-23-21-15-5-2-6-16-21/h1-18,23H/b14-9-,18-10+. The zero-order valence-corrected chi connectivity index (χ0v) is 12.9. The smallest absolute Gasteiger partial charge is 0.0379 e. The fraction of sp³-hybridized carbons (Fsp3) is 0. The number of hydrogen-bond donors (Lipinski definition) is 1. The first-order chi connectivity index (χ1) is 11.4. The minimum atomic E-state index is 1.09. The maximum absolute atomic E-state index is 3.25. The van der Waals surface area contributed by atoms with E-state index in [0.29, 0.717) is 0 Å². The Labute approximate surface area is 137 Å². The van der Waals surface area contributed by atoms with Crippen LogP contribution in [0.2, 0.25) is 0 Å². The third kappa shape index (κ3) is 4.21. The van der Waals surface area contributed by atoms with Gasteiger partial charge in [0, 0.05) is 11.9 Å². The van der Waals surface area contributed by atoms with Gasteiger partial charge in [-0.05, 0) is 34.9 Å². The average molecular weight is 297 g/mol. The first-order valence-electron chi connectivity index (χ1n) is 7.73. The molecule has 0 spiro atoms. The summed E-state index contributed by atoms with van der Waals surface area (Å²) in [6, 6.07) is 29.0. The first-order valence-corrected chi connectivity index (χ1v) is 7.73. The monoisotopic (exact) mass is 297 g/mol. The van der Waals surface area contributed by atoms with Gasteiger partial charge in [-0.1, -0.05) is 84.9 Å². The van der Waals surface area contributed by atoms with Crippen LogP contribution in [-0.2, 0) is 0 Å². The van der Waals surface area contributed by atoms with E-state index in [1.807, 2.05) is 48.7 Å². The second kappa shape index (κ2) is 7.81. The molecule has 112 valence electrons. The Kier molecular flexibility index (Phi) is 5.04. The topological polar surface area (TPSA) is 12.0 Å². The molecule has 0 aromatic heterocycles. The Morgan fingerprint density at radius 2 is 1.26 bits per heavy atom. The molecule has 0 saturated carbocycles. The highest BCUT2D eigenvalue weighted by Crippen LogP contribution is 2.24. The van der Waals surface area contributed by atoms with Crippen molar-refractivity contribution >= 4 is 11.8 Å². The van der Waals surface area contributed by atoms with Gasteiger partial charge in [0.25, 0.3) is 0 Å². The van der Waals surface area contributed by atoms with Crippen LogP contribution >= 0.6 is 0 Å². The van der Waals surface area contributed by atoms with E-state index in [2.05, 4.69) is 66.0 Å². The van der Waals surface area contributed by atoms with Crippen LogP contribution in [0.15, 0.2) is 103 Å². The summed E-state index contributed by atoms with van der Waals surface area (Å²) < 4.78 is 0. The van der Waals surface area contributed by atoms with Crippen LogP contribution in [0, 0.1) is 0 Å². The van der Waals surface area contributed by atoms with Crippen molar-refractivity contribution in [2.75, 3.05) is 5.32 Å². The maximum atomic E-state index is 3.25. The summed E-state index contributed by atoms with van der Waals surface area (Å²) in [4.78, 5) is 0. The third-order valence-electron chi connectivity index (χ3n) is 3.55. The van der Waals surface area contributed by atoms with Crippen molar-refractivity contribution in [3.05, 3.63) is 109 Å². The second-order valence-corrected chi connectivity index (χ2v) is 5.18. The molecule has 1 heteroatoms. The fourth-order valence-corrected chi connectivity index (χ4v) is 2.42. The lowest BCUT2D eigenvalue weighted by Crippen LogP contribution is -1.85. The number of nitrogens with one attached hydrogen (secondary N) is 1. The molecule has 0 saturated heterocycles. The highest BCUT2D eigenvalue weighted by Gasteiger charge is 2.00. The van der Waals surface area contributed by atoms with Crippen molar-refractivity contribution < 1.29 is 0 Å². The predicted molar refractivity (Wildman–Crippen MR) is 100 cm³/mol. The number of allylic oxidation sites excluding steroid dienone is 2. The Morgan fingerprint density at radius 3 is 2.04 bits per heavy atom. The zero-order valence-electron chi connectivity index (χ0n) is 12.9. The third-order valence-corrected chi connectivity index (χ3v) is 3.55. The van der Waals surface area contributed by atoms with E-state index in [4.69, 9.17) is 0 Å². The van der Waals surface area contributed by atoms with Crippen molar-refractivity contribution in [2.24, 2.45) is 0 Å². The van der Waals surface area contributed by atoms with E-state index in [1.165, 1.54) is 16.7 Å². The van der Waals surface area contributed by atoms with E-state index in [1.54, 1.807) is 0 Å². The molecule has 0 aliphatic carbocycles. The molecule has 0 fully saturated rings. The first kappa shape index (κ1) is 14.9. The molecule has 0 aliphatic rings. The van der Waals surface area contributed by atoms with E-state index in [9.17, 15) is 0 Å². The largest absolute Gasteiger partial charge is 0.362 e. The molecule has 0 amide bonds. The SMILES string of the molecule is C(=C/c1ccccc1-c1ccccc1)/C=C/Nc1ccccc1. The van der Waals surface area contributed by atoms with Gasteiger partial charge in [-0.25, -0.2) is 0 Å². The average Bonchev–Trinajstić information content (AvgIpc) is 2.63. The molecule has 3 aromatic carbocycles. The van der Waals surface area contributed by atoms with Crippen LogP contribution in [0.1, 0.15) is 5.56 Å². The van der Waals surface area contributed by atoms with Crippen molar-refractivity contribution in [2.45, 2.75) is 0 Å². The molecule has 1 N–H and O–H groups in total. The number of anilines is 1. The molecule has 23 heavy (non-hydrogen) atoms. The molecule has 0 unspecified atom stereocenters. The van der Waals surface area contributed by atoms with Gasteiger partial charge in [0.2, 0.25) is 0 Å². The second-order valence-electron chi connectivity index (χ2n) is 5.18. The van der Waals surface area contributed by atoms with E-state index in [0.717, 1.165) is 5.69 Å². The summed E-state index contributed by atoms with van der Waals surface area (Å²) in [5.41, 5.74) is 4.78. The fourth-order valence-electron chi connectivity index (χ4n) is 2.42. The van der Waals surface area contributed by atoms with Crippen LogP contribution < -0.4 is 5.32 Å². The van der Waals surface area contributed by atoms with Crippen molar-refractivity contribution in [3.63, 3.8) is 0 Å². The van der Waals surface area contributed by atoms with Gasteiger partial charge in [0.15, 0.2) is 0 Å². The Balaban J connectivity index is 1.71. The molecule has 0 bridgehead atoms. The lowest BCUT2D eigenvalue weighted by atomic mass is 9.99. The minimum Gasteiger partial charge on any atom is -0.362 e. The Morgan fingerprint density at radius 1 is 0.609 bits per heavy atom. The van der Waals surface area contributed by atoms with Gasteiger partial charge < -0.3 is 5.32 Å². The van der Waals surface area contributed by atoms with E-state index >= 15 is 0 Å². The molecule has 1 nitrogen and oxygen atoms in total. The number of para-hydroxylation sites is 1. The summed E-state index contributed by atoms with van der Waals surface area (Å²) in [6.45, 7) is 0. The Hall–Kier alpha value is -3.06. The van der Waals surface area contributed by atoms with Crippen LogP contribution in [0.25, 0.3) is 17.2 Å². The molecule has 0 heterocycles. The van der Waals surface area contributed by atoms with Gasteiger partial charge in [0.1, 0.15) is 0 Å². The van der Waals surface area contributed by atoms with Crippen LogP contribution in [0.4, 0.5) is 5.69 Å². The molecule has 0 radical (unpaired) electrons. The van der Waals surface area contributed by atoms with Crippen LogP contribution in [-0.4, -0.2) is 0 Å². The Bertz CT molecular complexity index is 786. The summed E-state index contributed by atoms with van der Waals surface area (Å²) in [5, 5.41) is 3.25. The highest BCUT2D eigenvalue weighted by molar-refractivity contribution is 5.75. The number of rotatable bonds is 5. The van der Waals surface area contributed by atoms with Crippen molar-refractivity contribution in [3.8, 4) is 11.1 Å². The number of hydrogen-bond acceptors (Lipinski definition) is 1. The summed E-state index contributed by atoms with van der Waals surface area (Å²) in [5.74, 6) is 0. The maximum Gasteiger partial charge on any atom is 0.0379 e. The van der Waals surface area contributed by atoms with E-state index in [-0.39, 0.29) is 0 Å². The van der Waals surface area contributed by atoms with Crippen molar-refractivity contribution in [1.29, 1.82) is 0 Å². The van der Waals surface area contributed by atoms with Crippen LogP contribution in [0.5, 0.6) is 0 Å². The van der Waals surface area contributed by atoms with Gasteiger partial charge in [-0.3, -0.25) is 0 Å². The molecule has 0 aliphatic heterocycles. The minimum absolute atomic E-state index is 1.09. The zero-order chi connectivity index (χ0) is 15.7. The van der Waals surface area contributed by atoms with Gasteiger partial charge in [-0.15, -0.1) is 0 Å². The quantitative estimate of drug-likeness (QED) is 0.570. The molecule has 3 aromatic rings. The molecule has 3 rings (SSSR count). The van der Waals surface area contributed by atoms with E-state index < -0.39 is 0 Å². The summed E-state index contributed by atoms with van der Waals surface area (Å²) in [7, 11) is 0. The summed E-state index contributed by atoms with van der Waals surface area (Å²) in [6.07, 6.45) is 8.13. The summed E-state index contributed by atoms with van der Waals surface area (Å²) >= 11 is 0. The normalized spacial score (nSPS) is 11.1. The van der Waals surface area contributed by atoms with Gasteiger partial charge >= 0.3 is 0 Å². The highest BCUT2D eigenvalue weighted by atomic mass is 14.8. The molecular weight excluding hydrogens is 278 g/mol.